The van der Waals surface area contributed by atoms with E-state index in [1.165, 1.54) is 0 Å². The molecule has 0 radical (unpaired) electrons. The van der Waals surface area contributed by atoms with Gasteiger partial charge in [-0.1, -0.05) is 23.7 Å². The van der Waals surface area contributed by atoms with Crippen molar-refractivity contribution in [2.75, 3.05) is 39.3 Å². The van der Waals surface area contributed by atoms with Gasteiger partial charge in [0.05, 0.1) is 6.61 Å². The van der Waals surface area contributed by atoms with E-state index >= 15 is 0 Å². The molecule has 0 aliphatic carbocycles. The molecule has 0 saturated carbocycles. The Morgan fingerprint density at radius 2 is 2.00 bits per heavy atom. The van der Waals surface area contributed by atoms with E-state index < -0.39 is 0 Å². The Balaban J connectivity index is 1.58. The van der Waals surface area contributed by atoms with E-state index in [0.29, 0.717) is 19.6 Å². The molecule has 3 rings (SSSR count). The van der Waals surface area contributed by atoms with Crippen molar-refractivity contribution in [2.45, 2.75) is 0 Å². The summed E-state index contributed by atoms with van der Waals surface area (Å²) in [6, 6.07) is 11.8. The van der Waals surface area contributed by atoms with Crippen LogP contribution in [-0.4, -0.2) is 60.1 Å². The molecule has 2 heterocycles. The van der Waals surface area contributed by atoms with Gasteiger partial charge in [0.15, 0.2) is 0 Å². The van der Waals surface area contributed by atoms with Crippen LogP contribution in [-0.2, 0) is 4.79 Å². The lowest BCUT2D eigenvalue weighted by Crippen LogP contribution is -2.48. The molecule has 25 heavy (non-hydrogen) atoms. The molecule has 1 saturated heterocycles. The Morgan fingerprint density at radius 3 is 2.72 bits per heavy atom. The summed E-state index contributed by atoms with van der Waals surface area (Å²) in [4.78, 5) is 18.5. The minimum Gasteiger partial charge on any atom is -0.395 e. The van der Waals surface area contributed by atoms with E-state index in [1.54, 1.807) is 17.4 Å². The van der Waals surface area contributed by atoms with E-state index in [-0.39, 0.29) is 12.5 Å². The lowest BCUT2D eigenvalue weighted by atomic mass is 10.2. The molecule has 1 aliphatic rings. The third-order valence-corrected chi connectivity index (χ3v) is 5.56. The van der Waals surface area contributed by atoms with E-state index in [0.717, 1.165) is 33.4 Å². The third kappa shape index (κ3) is 4.92. The molecule has 0 atom stereocenters. The second kappa shape index (κ2) is 8.63. The van der Waals surface area contributed by atoms with Crippen molar-refractivity contribution in [1.29, 1.82) is 0 Å². The number of carbonyl (C=O) groups is 1. The number of nitrogens with zero attached hydrogens (tertiary/aromatic N) is 2. The molecule has 0 bridgehead atoms. The van der Waals surface area contributed by atoms with Gasteiger partial charge in [0.1, 0.15) is 0 Å². The summed E-state index contributed by atoms with van der Waals surface area (Å²) in [5, 5.41) is 9.68. The van der Waals surface area contributed by atoms with Crippen LogP contribution in [0.25, 0.3) is 16.5 Å². The summed E-state index contributed by atoms with van der Waals surface area (Å²) < 4.78 is 0. The first-order valence-electron chi connectivity index (χ1n) is 8.32. The van der Waals surface area contributed by atoms with Gasteiger partial charge < -0.3 is 10.0 Å². The molecule has 132 valence electrons. The summed E-state index contributed by atoms with van der Waals surface area (Å²) >= 11 is 7.68. The number of thiophene rings is 1. The van der Waals surface area contributed by atoms with E-state index in [1.807, 2.05) is 47.4 Å². The Labute approximate surface area is 156 Å². The smallest absolute Gasteiger partial charge is 0.246 e. The number of amides is 1. The van der Waals surface area contributed by atoms with Crippen LogP contribution in [0.2, 0.25) is 5.02 Å². The standard InChI is InChI=1S/C19H21ClN2O2S/c20-16-3-1-2-15(14-16)18-6-4-17(25-18)5-7-19(24)22-10-8-21(9-11-22)12-13-23/h1-7,14,23H,8-13H2/b7-5+. The highest BCUT2D eigenvalue weighted by Gasteiger charge is 2.18. The molecule has 1 aromatic carbocycles. The van der Waals surface area contributed by atoms with Crippen molar-refractivity contribution in [3.63, 3.8) is 0 Å². The number of carbonyl (C=O) groups excluding carboxylic acids is 1. The average molecular weight is 377 g/mol. The molecule has 1 fully saturated rings. The van der Waals surface area contributed by atoms with Crippen LogP contribution in [0.5, 0.6) is 0 Å². The molecule has 1 amide bonds. The first-order chi connectivity index (χ1) is 12.2. The Kier molecular flexibility index (Phi) is 6.26. The Hall–Kier alpha value is -1.66. The largest absolute Gasteiger partial charge is 0.395 e. The quantitative estimate of drug-likeness (QED) is 0.815. The fourth-order valence-corrected chi connectivity index (χ4v) is 3.93. The van der Waals surface area contributed by atoms with Gasteiger partial charge in [-0.25, -0.2) is 0 Å². The van der Waals surface area contributed by atoms with Crippen molar-refractivity contribution in [1.82, 2.24) is 9.80 Å². The number of hydrogen-bond acceptors (Lipinski definition) is 4. The number of benzene rings is 1. The Morgan fingerprint density at radius 1 is 1.20 bits per heavy atom. The van der Waals surface area contributed by atoms with E-state index in [2.05, 4.69) is 4.90 Å². The summed E-state index contributed by atoms with van der Waals surface area (Å²) in [7, 11) is 0. The third-order valence-electron chi connectivity index (χ3n) is 4.23. The number of piperazine rings is 1. The second-order valence-electron chi connectivity index (χ2n) is 5.94. The first kappa shape index (κ1) is 18.1. The molecule has 1 N–H and O–H groups in total. The fraction of sp³-hybridized carbons (Fsp3) is 0.316. The molecule has 1 aliphatic heterocycles. The molecule has 1 aromatic heterocycles. The number of rotatable bonds is 5. The number of aliphatic hydroxyl groups is 1. The first-order valence-corrected chi connectivity index (χ1v) is 9.51. The zero-order chi connectivity index (χ0) is 17.6. The predicted octanol–water partition coefficient (Wildman–Crippen LogP) is 3.22. The zero-order valence-electron chi connectivity index (χ0n) is 13.9. The number of β-amino-alcohol motifs (C(OH)–C–C–N with tert-alkyl or cyclic N) is 1. The maximum atomic E-state index is 12.3. The highest BCUT2D eigenvalue weighted by atomic mass is 35.5. The van der Waals surface area contributed by atoms with Gasteiger partial charge in [-0.05, 0) is 35.9 Å². The van der Waals surface area contributed by atoms with Crippen LogP contribution in [0.3, 0.4) is 0 Å². The van der Waals surface area contributed by atoms with E-state index in [4.69, 9.17) is 16.7 Å². The molecule has 0 spiro atoms. The lowest BCUT2D eigenvalue weighted by Gasteiger charge is -2.33. The monoisotopic (exact) mass is 376 g/mol. The SMILES string of the molecule is O=C(/C=C/c1ccc(-c2cccc(Cl)c2)s1)N1CCN(CCO)CC1. The van der Waals surface area contributed by atoms with Crippen LogP contribution in [0.15, 0.2) is 42.5 Å². The van der Waals surface area contributed by atoms with Crippen LogP contribution >= 0.6 is 22.9 Å². The number of hydrogen-bond donors (Lipinski definition) is 1. The van der Waals surface area contributed by atoms with Crippen molar-refractivity contribution in [3.8, 4) is 10.4 Å². The van der Waals surface area contributed by atoms with Gasteiger partial charge in [-0.15, -0.1) is 11.3 Å². The summed E-state index contributed by atoms with van der Waals surface area (Å²) in [5.74, 6) is 0.0429. The Bertz CT molecular complexity index is 751. The van der Waals surface area contributed by atoms with Gasteiger partial charge in [-0.3, -0.25) is 9.69 Å². The summed E-state index contributed by atoms with van der Waals surface area (Å²) in [6.07, 6.45) is 3.52. The fourth-order valence-electron chi connectivity index (χ4n) is 2.83. The minimum absolute atomic E-state index is 0.0429. The molecule has 4 nitrogen and oxygen atoms in total. The maximum absolute atomic E-state index is 12.3. The number of aliphatic hydroxyl groups excluding tert-OH is 1. The molecular weight excluding hydrogens is 356 g/mol. The van der Waals surface area contributed by atoms with Crippen molar-refractivity contribution in [2.24, 2.45) is 0 Å². The van der Waals surface area contributed by atoms with Crippen LogP contribution in [0.1, 0.15) is 4.88 Å². The molecular formula is C19H21ClN2O2S. The zero-order valence-corrected chi connectivity index (χ0v) is 15.5. The van der Waals surface area contributed by atoms with E-state index in [9.17, 15) is 4.79 Å². The van der Waals surface area contributed by atoms with Crippen LogP contribution in [0, 0.1) is 0 Å². The van der Waals surface area contributed by atoms with Crippen molar-refractivity contribution in [3.05, 3.63) is 52.4 Å². The second-order valence-corrected chi connectivity index (χ2v) is 7.49. The average Bonchev–Trinajstić information content (AvgIpc) is 3.10. The van der Waals surface area contributed by atoms with Crippen LogP contribution < -0.4 is 0 Å². The van der Waals surface area contributed by atoms with Crippen LogP contribution in [0.4, 0.5) is 0 Å². The number of halogens is 1. The van der Waals surface area contributed by atoms with Crippen molar-refractivity contribution >= 4 is 34.9 Å². The summed E-state index contributed by atoms with van der Waals surface area (Å²) in [5.41, 5.74) is 1.09. The van der Waals surface area contributed by atoms with Gasteiger partial charge in [0, 0.05) is 53.6 Å². The van der Waals surface area contributed by atoms with Gasteiger partial charge in [-0.2, -0.15) is 0 Å². The van der Waals surface area contributed by atoms with Gasteiger partial charge in [0.25, 0.3) is 0 Å². The minimum atomic E-state index is 0.0429. The topological polar surface area (TPSA) is 43.8 Å². The highest BCUT2D eigenvalue weighted by Crippen LogP contribution is 2.30. The summed E-state index contributed by atoms with van der Waals surface area (Å²) in [6.45, 7) is 3.90. The van der Waals surface area contributed by atoms with Crippen molar-refractivity contribution < 1.29 is 9.90 Å². The van der Waals surface area contributed by atoms with Gasteiger partial charge >= 0.3 is 0 Å². The predicted molar refractivity (Wildman–Crippen MR) is 104 cm³/mol. The maximum Gasteiger partial charge on any atom is 0.246 e. The highest BCUT2D eigenvalue weighted by molar-refractivity contribution is 7.16. The lowest BCUT2D eigenvalue weighted by molar-refractivity contribution is -0.127. The molecule has 2 aromatic rings. The normalized spacial score (nSPS) is 15.8. The molecule has 0 unspecified atom stereocenters. The molecule has 6 heteroatoms. The van der Waals surface area contributed by atoms with Gasteiger partial charge in [0.2, 0.25) is 5.91 Å².